The number of hydrogen-bond acceptors (Lipinski definition) is 3. The predicted molar refractivity (Wildman–Crippen MR) is 48.3 cm³/mol. The highest BCUT2D eigenvalue weighted by atomic mass is 32.2. The van der Waals surface area contributed by atoms with Crippen LogP contribution in [0.4, 0.5) is 0 Å². The van der Waals surface area contributed by atoms with Gasteiger partial charge in [0.1, 0.15) is 6.04 Å². The molecule has 2 heterocycles. The maximum atomic E-state index is 11.2. The van der Waals surface area contributed by atoms with Crippen LogP contribution in [-0.4, -0.2) is 38.0 Å². The quantitative estimate of drug-likeness (QED) is 0.628. The molecule has 0 saturated carbocycles. The molecule has 2 atom stereocenters. The Kier molecular flexibility index (Phi) is 1.64. The largest absolute Gasteiger partial charge is 0.480 e. The first-order valence-corrected chi connectivity index (χ1v) is 5.03. The number of carboxylic acid groups (broad SMARTS) is 1. The molecule has 0 aromatic heterocycles. The van der Waals surface area contributed by atoms with Crippen molar-refractivity contribution in [3.05, 3.63) is 0 Å². The van der Waals surface area contributed by atoms with Gasteiger partial charge >= 0.3 is 5.97 Å². The summed E-state index contributed by atoms with van der Waals surface area (Å²) in [5, 5.41) is 9.08. The van der Waals surface area contributed by atoms with Gasteiger partial charge in [-0.1, -0.05) is 0 Å². The minimum absolute atomic E-state index is 0.0320. The summed E-state index contributed by atoms with van der Waals surface area (Å²) in [6.07, 6.45) is 0.498. The van der Waals surface area contributed by atoms with Gasteiger partial charge < -0.3 is 10.0 Å². The van der Waals surface area contributed by atoms with Gasteiger partial charge in [-0.2, -0.15) is 0 Å². The SMILES string of the molecule is CC1(C)S[C@@H]2CC(=O)N2[C@H]1C(=O)O. The highest BCUT2D eigenvalue weighted by Gasteiger charge is 2.58. The highest BCUT2D eigenvalue weighted by molar-refractivity contribution is 8.01. The van der Waals surface area contributed by atoms with E-state index in [0.717, 1.165) is 0 Å². The average Bonchev–Trinajstić information content (AvgIpc) is 2.18. The van der Waals surface area contributed by atoms with E-state index in [1.807, 2.05) is 13.8 Å². The maximum absolute atomic E-state index is 11.2. The number of fused-ring (bicyclic) bond motifs is 1. The Bertz CT molecular complexity index is 289. The zero-order chi connectivity index (χ0) is 9.80. The van der Waals surface area contributed by atoms with E-state index in [2.05, 4.69) is 0 Å². The molecule has 2 aliphatic heterocycles. The van der Waals surface area contributed by atoms with Gasteiger partial charge in [0, 0.05) is 4.75 Å². The third kappa shape index (κ3) is 1.06. The normalized spacial score (nSPS) is 35.5. The Morgan fingerprint density at radius 1 is 1.69 bits per heavy atom. The number of thioether (sulfide) groups is 1. The fourth-order valence-corrected chi connectivity index (χ4v) is 3.60. The van der Waals surface area contributed by atoms with Crippen molar-refractivity contribution < 1.29 is 14.7 Å². The van der Waals surface area contributed by atoms with Crippen molar-refractivity contribution in [3.8, 4) is 0 Å². The fraction of sp³-hybridized carbons (Fsp3) is 0.750. The molecule has 0 radical (unpaired) electrons. The molecule has 1 N–H and O–H groups in total. The van der Waals surface area contributed by atoms with Crippen LogP contribution in [0.5, 0.6) is 0 Å². The van der Waals surface area contributed by atoms with Crippen molar-refractivity contribution in [1.82, 2.24) is 4.90 Å². The molecule has 0 aromatic carbocycles. The fourth-order valence-electron chi connectivity index (χ4n) is 1.98. The van der Waals surface area contributed by atoms with Crippen LogP contribution in [0.1, 0.15) is 20.3 Å². The molecule has 4 nitrogen and oxygen atoms in total. The number of carbonyl (C=O) groups is 2. The number of β-lactam (4-membered cyclic amide) rings is 1. The van der Waals surface area contributed by atoms with Crippen LogP contribution in [0.25, 0.3) is 0 Å². The lowest BCUT2D eigenvalue weighted by Gasteiger charge is -2.36. The molecular formula is C8H11NO3S. The first-order chi connectivity index (χ1) is 5.93. The molecule has 1 amide bonds. The summed E-state index contributed by atoms with van der Waals surface area (Å²) in [6.45, 7) is 3.75. The van der Waals surface area contributed by atoms with Gasteiger partial charge in [0.05, 0.1) is 11.8 Å². The minimum atomic E-state index is -0.895. The zero-order valence-electron chi connectivity index (χ0n) is 7.48. The van der Waals surface area contributed by atoms with E-state index < -0.39 is 12.0 Å². The Morgan fingerprint density at radius 3 is 2.69 bits per heavy atom. The number of nitrogens with zero attached hydrogens (tertiary/aromatic N) is 1. The van der Waals surface area contributed by atoms with Crippen molar-refractivity contribution in [3.63, 3.8) is 0 Å². The van der Waals surface area contributed by atoms with Crippen LogP contribution in [0.3, 0.4) is 0 Å². The topological polar surface area (TPSA) is 57.6 Å². The van der Waals surface area contributed by atoms with E-state index in [0.29, 0.717) is 6.42 Å². The Hall–Kier alpha value is -0.710. The molecule has 13 heavy (non-hydrogen) atoms. The van der Waals surface area contributed by atoms with Gasteiger partial charge in [0.15, 0.2) is 0 Å². The lowest BCUT2D eigenvalue weighted by Crippen LogP contribution is -2.56. The van der Waals surface area contributed by atoms with Gasteiger partial charge in [0.2, 0.25) is 5.91 Å². The third-order valence-corrected chi connectivity index (χ3v) is 4.05. The molecule has 0 spiro atoms. The smallest absolute Gasteiger partial charge is 0.327 e. The molecule has 72 valence electrons. The van der Waals surface area contributed by atoms with Crippen molar-refractivity contribution in [2.75, 3.05) is 0 Å². The highest BCUT2D eigenvalue weighted by Crippen LogP contribution is 2.50. The standard InChI is InChI=1S/C8H11NO3S/c1-8(2)6(7(11)12)9-4(10)3-5(9)13-8/h5-6H,3H2,1-2H3,(H,11,12)/t5-,6+/m1/s1. The zero-order valence-corrected chi connectivity index (χ0v) is 8.30. The van der Waals surface area contributed by atoms with E-state index in [1.165, 1.54) is 4.90 Å². The number of hydrogen-bond donors (Lipinski definition) is 1. The number of aliphatic carboxylic acids is 1. The van der Waals surface area contributed by atoms with Gasteiger partial charge in [-0.15, -0.1) is 11.8 Å². The van der Waals surface area contributed by atoms with E-state index in [1.54, 1.807) is 11.8 Å². The maximum Gasteiger partial charge on any atom is 0.327 e. The Morgan fingerprint density at radius 2 is 2.31 bits per heavy atom. The van der Waals surface area contributed by atoms with Crippen molar-refractivity contribution in [2.24, 2.45) is 0 Å². The molecule has 2 aliphatic rings. The second kappa shape index (κ2) is 2.41. The van der Waals surface area contributed by atoms with Crippen LogP contribution in [0.15, 0.2) is 0 Å². The predicted octanol–water partition coefficient (Wildman–Crippen LogP) is 0.523. The van der Waals surface area contributed by atoms with Gasteiger partial charge in [-0.3, -0.25) is 4.79 Å². The van der Waals surface area contributed by atoms with Crippen LogP contribution in [0, 0.1) is 0 Å². The molecule has 2 fully saturated rings. The lowest BCUT2D eigenvalue weighted by molar-refractivity contribution is -0.157. The number of rotatable bonds is 1. The summed E-state index contributed by atoms with van der Waals surface area (Å²) in [7, 11) is 0. The van der Waals surface area contributed by atoms with Crippen LogP contribution >= 0.6 is 11.8 Å². The van der Waals surface area contributed by atoms with Crippen molar-refractivity contribution >= 4 is 23.6 Å². The summed E-state index contributed by atoms with van der Waals surface area (Å²) >= 11 is 1.58. The van der Waals surface area contributed by atoms with E-state index in [9.17, 15) is 9.59 Å². The van der Waals surface area contributed by atoms with Gasteiger partial charge in [-0.25, -0.2) is 4.79 Å². The molecule has 0 aromatic rings. The van der Waals surface area contributed by atoms with Crippen LogP contribution in [0.2, 0.25) is 0 Å². The average molecular weight is 201 g/mol. The molecular weight excluding hydrogens is 190 g/mol. The Labute approximate surface area is 80.3 Å². The molecule has 0 bridgehead atoms. The van der Waals surface area contributed by atoms with Gasteiger partial charge in [0.25, 0.3) is 0 Å². The second-order valence-corrected chi connectivity index (χ2v) is 5.75. The minimum Gasteiger partial charge on any atom is -0.480 e. The second-order valence-electron chi connectivity index (χ2n) is 3.92. The molecule has 0 aliphatic carbocycles. The number of carbonyl (C=O) groups excluding carboxylic acids is 1. The number of carboxylic acids is 1. The van der Waals surface area contributed by atoms with E-state index >= 15 is 0 Å². The first-order valence-electron chi connectivity index (χ1n) is 4.15. The summed E-state index contributed by atoms with van der Waals surface area (Å²) in [6, 6.07) is -0.649. The van der Waals surface area contributed by atoms with Crippen molar-refractivity contribution in [1.29, 1.82) is 0 Å². The molecule has 0 unspecified atom stereocenters. The van der Waals surface area contributed by atoms with Gasteiger partial charge in [-0.05, 0) is 13.8 Å². The lowest BCUT2D eigenvalue weighted by atomic mass is 9.98. The monoisotopic (exact) mass is 201 g/mol. The Balaban J connectivity index is 2.30. The van der Waals surface area contributed by atoms with E-state index in [4.69, 9.17) is 5.11 Å². The summed E-state index contributed by atoms with van der Waals surface area (Å²) < 4.78 is -0.358. The summed E-state index contributed by atoms with van der Waals surface area (Å²) in [5.41, 5.74) is 0. The molecule has 2 saturated heterocycles. The molecule has 5 heteroatoms. The number of amides is 1. The third-order valence-electron chi connectivity index (χ3n) is 2.56. The van der Waals surface area contributed by atoms with Crippen LogP contribution < -0.4 is 0 Å². The van der Waals surface area contributed by atoms with Crippen molar-refractivity contribution in [2.45, 2.75) is 36.4 Å². The summed E-state index contributed by atoms with van der Waals surface area (Å²) in [4.78, 5) is 23.6. The first kappa shape index (κ1) is 8.87. The molecule has 2 rings (SSSR count). The summed E-state index contributed by atoms with van der Waals surface area (Å²) in [5.74, 6) is -0.927. The van der Waals surface area contributed by atoms with E-state index in [-0.39, 0.29) is 16.0 Å². The van der Waals surface area contributed by atoms with Crippen LogP contribution in [-0.2, 0) is 9.59 Å².